The van der Waals surface area contributed by atoms with Crippen molar-refractivity contribution in [3.63, 3.8) is 0 Å². The largest absolute Gasteiger partial charge is 0.443 e. The maximum atomic E-state index is 12.1. The number of halogens is 3. The number of hydrogen-bond acceptors (Lipinski definition) is 3. The van der Waals surface area contributed by atoms with Crippen LogP contribution in [0.1, 0.15) is 22.7 Å². The molecule has 0 saturated carbocycles. The third-order valence-electron chi connectivity index (χ3n) is 1.47. The highest BCUT2D eigenvalue weighted by molar-refractivity contribution is 7.12. The molecule has 2 nitrogen and oxygen atoms in total. The van der Waals surface area contributed by atoms with Crippen molar-refractivity contribution in [2.45, 2.75) is 19.0 Å². The Morgan fingerprint density at radius 1 is 1.47 bits per heavy atom. The van der Waals surface area contributed by atoms with Crippen LogP contribution >= 0.6 is 11.3 Å². The Morgan fingerprint density at radius 2 is 2.20 bits per heavy atom. The monoisotopic (exact) mass is 234 g/mol. The summed E-state index contributed by atoms with van der Waals surface area (Å²) in [7, 11) is 0. The fourth-order valence-corrected chi connectivity index (χ4v) is 1.46. The lowest BCUT2D eigenvalue weighted by Crippen LogP contribution is -2.02. The zero-order valence-corrected chi connectivity index (χ0v) is 8.58. The molecule has 0 saturated heterocycles. The van der Waals surface area contributed by atoms with Crippen LogP contribution in [0.25, 0.3) is 0 Å². The van der Waals surface area contributed by atoms with E-state index in [-0.39, 0.29) is 0 Å². The van der Waals surface area contributed by atoms with E-state index in [1.54, 1.807) is 0 Å². The van der Waals surface area contributed by atoms with Gasteiger partial charge in [0.05, 0.1) is 11.1 Å². The van der Waals surface area contributed by atoms with Crippen molar-refractivity contribution in [3.05, 3.63) is 16.1 Å². The maximum Gasteiger partial charge on any atom is 0.443 e. The number of rotatable bonds is 2. The zero-order chi connectivity index (χ0) is 11.3. The second-order valence-corrected chi connectivity index (χ2v) is 3.75. The molecule has 0 bridgehead atoms. The maximum absolute atomic E-state index is 12.1. The third-order valence-corrected chi connectivity index (χ3v) is 2.42. The van der Waals surface area contributed by atoms with Gasteiger partial charge in [-0.05, 0) is 13.0 Å². The third kappa shape index (κ3) is 3.90. The number of alkyl halides is 3. The summed E-state index contributed by atoms with van der Waals surface area (Å²) in [5.41, 5.74) is 5.24. The van der Waals surface area contributed by atoms with Gasteiger partial charge in [-0.3, -0.25) is 0 Å². The lowest BCUT2D eigenvalue weighted by molar-refractivity contribution is -0.137. The smallest absolute Gasteiger partial charge is 0.330 e. The molecule has 0 fully saturated rings. The molecule has 15 heavy (non-hydrogen) atoms. The minimum absolute atomic E-state index is 0.333. The molecule has 0 radical (unpaired) electrons. The van der Waals surface area contributed by atoms with Crippen molar-refractivity contribution in [2.75, 3.05) is 6.54 Å². The lowest BCUT2D eigenvalue weighted by Gasteiger charge is -1.98. The molecular formula is C9H9F3N2S. The average molecular weight is 234 g/mol. The normalized spacial score (nSPS) is 10.9. The molecule has 0 amide bonds. The van der Waals surface area contributed by atoms with Gasteiger partial charge in [0.25, 0.3) is 0 Å². The summed E-state index contributed by atoms with van der Waals surface area (Å²) < 4.78 is 36.4. The number of nitrogens with two attached hydrogens (primary N) is 1. The van der Waals surface area contributed by atoms with E-state index in [1.165, 1.54) is 0 Å². The predicted molar refractivity (Wildman–Crippen MR) is 52.3 cm³/mol. The Balaban J connectivity index is 2.63. The van der Waals surface area contributed by atoms with Crippen LogP contribution in [-0.4, -0.2) is 11.5 Å². The molecule has 1 rings (SSSR count). The molecule has 1 heterocycles. The van der Waals surface area contributed by atoms with E-state index in [1.807, 2.05) is 0 Å². The Kier molecular flexibility index (Phi) is 4.12. The number of thiazole rings is 1. The van der Waals surface area contributed by atoms with Crippen molar-refractivity contribution in [1.29, 1.82) is 0 Å². The molecule has 1 aromatic heterocycles. The average Bonchev–Trinajstić information content (AvgIpc) is 2.60. The summed E-state index contributed by atoms with van der Waals surface area (Å²) in [5, 5.41) is -0.856. The predicted octanol–water partition coefficient (Wildman–Crippen LogP) is 2.25. The lowest BCUT2D eigenvalue weighted by atomic mass is 10.3. The van der Waals surface area contributed by atoms with Gasteiger partial charge in [0.2, 0.25) is 0 Å². The molecule has 1 aromatic rings. The van der Waals surface area contributed by atoms with Gasteiger partial charge in [-0.25, -0.2) is 4.98 Å². The van der Waals surface area contributed by atoms with Crippen molar-refractivity contribution >= 4 is 11.3 Å². The molecule has 6 heteroatoms. The van der Waals surface area contributed by atoms with Gasteiger partial charge in [0.15, 0.2) is 5.01 Å². The van der Waals surface area contributed by atoms with Crippen LogP contribution in [0.3, 0.4) is 0 Å². The standard InChI is InChI=1S/C9H9F3N2S/c10-9(11,12)8-14-6-7(15-8)4-2-1-3-5-13/h6H,1,3,5,13H2. The first kappa shape index (κ1) is 12.0. The Labute approximate surface area is 89.3 Å². The van der Waals surface area contributed by atoms with E-state index < -0.39 is 11.2 Å². The van der Waals surface area contributed by atoms with Crippen LogP contribution in [0.4, 0.5) is 13.2 Å². The minimum atomic E-state index is -4.37. The minimum Gasteiger partial charge on any atom is -0.330 e. The van der Waals surface area contributed by atoms with E-state index in [2.05, 4.69) is 16.8 Å². The first-order valence-corrected chi connectivity index (χ1v) is 5.07. The van der Waals surface area contributed by atoms with Crippen LogP contribution < -0.4 is 5.73 Å². The summed E-state index contributed by atoms with van der Waals surface area (Å²) in [4.78, 5) is 3.59. The molecular weight excluding hydrogens is 225 g/mol. The Bertz CT molecular complexity index is 373. The highest BCUT2D eigenvalue weighted by Crippen LogP contribution is 2.31. The highest BCUT2D eigenvalue weighted by atomic mass is 32.1. The topological polar surface area (TPSA) is 38.9 Å². The van der Waals surface area contributed by atoms with Crippen LogP contribution in [0.15, 0.2) is 6.20 Å². The number of nitrogens with zero attached hydrogens (tertiary/aromatic N) is 1. The van der Waals surface area contributed by atoms with Gasteiger partial charge in [-0.2, -0.15) is 13.2 Å². The van der Waals surface area contributed by atoms with Gasteiger partial charge in [0, 0.05) is 6.42 Å². The first-order chi connectivity index (χ1) is 7.04. The summed E-state index contributed by atoms with van der Waals surface area (Å²) in [5.74, 6) is 5.36. The zero-order valence-electron chi connectivity index (χ0n) is 7.77. The number of aromatic nitrogens is 1. The fourth-order valence-electron chi connectivity index (χ4n) is 0.803. The van der Waals surface area contributed by atoms with Gasteiger partial charge >= 0.3 is 6.18 Å². The van der Waals surface area contributed by atoms with Crippen molar-refractivity contribution in [2.24, 2.45) is 5.73 Å². The van der Waals surface area contributed by atoms with Crippen LogP contribution in [0, 0.1) is 11.8 Å². The van der Waals surface area contributed by atoms with E-state index >= 15 is 0 Å². The molecule has 0 aliphatic heterocycles. The molecule has 0 unspecified atom stereocenters. The van der Waals surface area contributed by atoms with Crippen molar-refractivity contribution in [1.82, 2.24) is 4.98 Å². The Morgan fingerprint density at radius 3 is 2.73 bits per heavy atom. The first-order valence-electron chi connectivity index (χ1n) is 4.26. The van der Waals surface area contributed by atoms with Crippen LogP contribution in [0.5, 0.6) is 0 Å². The van der Waals surface area contributed by atoms with E-state index in [0.29, 0.717) is 29.2 Å². The van der Waals surface area contributed by atoms with Gasteiger partial charge < -0.3 is 5.73 Å². The molecule has 0 aliphatic rings. The van der Waals surface area contributed by atoms with Crippen LogP contribution in [0.2, 0.25) is 0 Å². The summed E-state index contributed by atoms with van der Waals surface area (Å²) >= 11 is 0.557. The van der Waals surface area contributed by atoms with Gasteiger partial charge in [0.1, 0.15) is 0 Å². The van der Waals surface area contributed by atoms with Crippen molar-refractivity contribution in [3.8, 4) is 11.8 Å². The summed E-state index contributed by atoms with van der Waals surface area (Å²) in [6, 6.07) is 0. The molecule has 2 N–H and O–H groups in total. The van der Waals surface area contributed by atoms with Gasteiger partial charge in [-0.15, -0.1) is 11.3 Å². The van der Waals surface area contributed by atoms with E-state index in [4.69, 9.17) is 5.73 Å². The second-order valence-electron chi connectivity index (χ2n) is 2.72. The molecule has 82 valence electrons. The van der Waals surface area contributed by atoms with Crippen LogP contribution in [-0.2, 0) is 6.18 Å². The van der Waals surface area contributed by atoms with Crippen molar-refractivity contribution < 1.29 is 13.2 Å². The number of hydrogen-bond donors (Lipinski definition) is 1. The summed E-state index contributed by atoms with van der Waals surface area (Å²) in [6.45, 7) is 0.533. The van der Waals surface area contributed by atoms with E-state index in [0.717, 1.165) is 12.6 Å². The fraction of sp³-hybridized carbons (Fsp3) is 0.444. The number of unbranched alkanes of at least 4 members (excludes halogenated alkanes) is 1. The Hall–Kier alpha value is -1.06. The quantitative estimate of drug-likeness (QED) is 0.629. The molecule has 0 aromatic carbocycles. The summed E-state index contributed by atoms with van der Waals surface area (Å²) in [6.07, 6.45) is -1.89. The molecule has 0 aliphatic carbocycles. The molecule has 0 atom stereocenters. The SMILES string of the molecule is NCCCC#Cc1cnc(C(F)(F)F)s1. The molecule has 0 spiro atoms. The van der Waals surface area contributed by atoms with E-state index in [9.17, 15) is 13.2 Å². The second kappa shape index (κ2) is 5.14. The van der Waals surface area contributed by atoms with Gasteiger partial charge in [-0.1, -0.05) is 11.8 Å². The highest BCUT2D eigenvalue weighted by Gasteiger charge is 2.34.